The Bertz CT molecular complexity index is 705. The van der Waals surface area contributed by atoms with Crippen LogP contribution in [0.25, 0.3) is 0 Å². The van der Waals surface area contributed by atoms with E-state index in [1.54, 1.807) is 39.7 Å². The number of rotatable bonds is 5. The molecule has 2 heterocycles. The van der Waals surface area contributed by atoms with Crippen LogP contribution in [0.1, 0.15) is 34.8 Å². The van der Waals surface area contributed by atoms with Crippen molar-refractivity contribution in [1.82, 2.24) is 15.1 Å². The van der Waals surface area contributed by atoms with Crippen molar-refractivity contribution in [3.05, 3.63) is 35.7 Å². The Morgan fingerprint density at radius 3 is 2.48 bits per heavy atom. The minimum Gasteiger partial charge on any atom is -0.493 e. The summed E-state index contributed by atoms with van der Waals surface area (Å²) in [5, 5.41) is 7.03. The predicted octanol–water partition coefficient (Wildman–Crippen LogP) is 2.46. The summed E-state index contributed by atoms with van der Waals surface area (Å²) in [5.41, 5.74) is 1.60. The highest BCUT2D eigenvalue weighted by molar-refractivity contribution is 5.95. The van der Waals surface area contributed by atoms with E-state index in [0.29, 0.717) is 29.4 Å². The van der Waals surface area contributed by atoms with Gasteiger partial charge in [0.15, 0.2) is 11.5 Å². The molecule has 1 aliphatic heterocycles. The summed E-state index contributed by atoms with van der Waals surface area (Å²) in [7, 11) is 4.63. The van der Waals surface area contributed by atoms with E-state index in [1.807, 2.05) is 11.0 Å². The molecular formula is C18H23N3O4. The molecule has 25 heavy (non-hydrogen) atoms. The molecule has 0 aliphatic carbocycles. The number of nitrogens with one attached hydrogen (secondary N) is 1. The lowest BCUT2D eigenvalue weighted by Gasteiger charge is -2.32. The number of aromatic nitrogens is 2. The third kappa shape index (κ3) is 3.40. The van der Waals surface area contributed by atoms with Crippen molar-refractivity contribution in [3.63, 3.8) is 0 Å². The normalized spacial score (nSPS) is 17.2. The fraction of sp³-hybridized carbons (Fsp3) is 0.444. The van der Waals surface area contributed by atoms with Crippen LogP contribution in [0.5, 0.6) is 17.2 Å². The maximum absolute atomic E-state index is 13.0. The number of hydrogen-bond acceptors (Lipinski definition) is 5. The van der Waals surface area contributed by atoms with Crippen LogP contribution in [-0.2, 0) is 0 Å². The summed E-state index contributed by atoms with van der Waals surface area (Å²) in [5.74, 6) is 1.68. The summed E-state index contributed by atoms with van der Waals surface area (Å²) in [6.07, 6.45) is 3.75. The quantitative estimate of drug-likeness (QED) is 0.901. The highest BCUT2D eigenvalue weighted by Gasteiger charge is 2.27. The van der Waals surface area contributed by atoms with Crippen LogP contribution in [-0.4, -0.2) is 55.4 Å². The molecule has 1 atom stereocenters. The molecule has 134 valence electrons. The zero-order chi connectivity index (χ0) is 17.8. The van der Waals surface area contributed by atoms with Crippen molar-refractivity contribution < 1.29 is 19.0 Å². The molecular weight excluding hydrogens is 322 g/mol. The standard InChI is InChI=1S/C18H23N3O4/c1-23-15-9-13(10-16(24-2)17(15)25-3)18(22)21-8-4-5-12(11-21)14-6-7-19-20-14/h6-7,9-10,12H,4-5,8,11H2,1-3H3,(H,19,20)/t12-/m1/s1. The monoisotopic (exact) mass is 345 g/mol. The number of H-pyrrole nitrogens is 1. The Hall–Kier alpha value is -2.70. The second-order valence-electron chi connectivity index (χ2n) is 6.02. The summed E-state index contributed by atoms with van der Waals surface area (Å²) >= 11 is 0. The van der Waals surface area contributed by atoms with E-state index in [4.69, 9.17) is 14.2 Å². The van der Waals surface area contributed by atoms with Gasteiger partial charge in [0.2, 0.25) is 5.75 Å². The Labute approximate surface area is 146 Å². The van der Waals surface area contributed by atoms with Crippen LogP contribution in [0.4, 0.5) is 0 Å². The van der Waals surface area contributed by atoms with E-state index < -0.39 is 0 Å². The number of carbonyl (C=O) groups excluding carboxylic acids is 1. The van der Waals surface area contributed by atoms with Crippen molar-refractivity contribution in [1.29, 1.82) is 0 Å². The van der Waals surface area contributed by atoms with Crippen molar-refractivity contribution in [2.24, 2.45) is 0 Å². The first-order chi connectivity index (χ1) is 12.2. The van der Waals surface area contributed by atoms with Crippen LogP contribution >= 0.6 is 0 Å². The van der Waals surface area contributed by atoms with Gasteiger partial charge in [0.1, 0.15) is 0 Å². The van der Waals surface area contributed by atoms with Gasteiger partial charge in [0, 0.05) is 36.5 Å². The van der Waals surface area contributed by atoms with Crippen LogP contribution in [0.15, 0.2) is 24.4 Å². The number of hydrogen-bond donors (Lipinski definition) is 1. The van der Waals surface area contributed by atoms with Gasteiger partial charge in [-0.15, -0.1) is 0 Å². The summed E-state index contributed by atoms with van der Waals surface area (Å²) in [4.78, 5) is 14.9. The third-order valence-corrected chi connectivity index (χ3v) is 4.58. The van der Waals surface area contributed by atoms with Gasteiger partial charge in [0.25, 0.3) is 5.91 Å². The maximum atomic E-state index is 13.0. The number of aromatic amines is 1. The number of nitrogens with zero attached hydrogens (tertiary/aromatic N) is 2. The zero-order valence-corrected chi connectivity index (χ0v) is 14.7. The Morgan fingerprint density at radius 2 is 1.92 bits per heavy atom. The number of likely N-dealkylation sites (tertiary alicyclic amines) is 1. The number of benzene rings is 1. The average molecular weight is 345 g/mol. The Morgan fingerprint density at radius 1 is 1.20 bits per heavy atom. The van der Waals surface area contributed by atoms with Crippen molar-refractivity contribution in [2.45, 2.75) is 18.8 Å². The molecule has 1 saturated heterocycles. The molecule has 1 aliphatic rings. The topological polar surface area (TPSA) is 76.7 Å². The molecule has 1 fully saturated rings. The van der Waals surface area contributed by atoms with E-state index in [2.05, 4.69) is 10.2 Å². The highest BCUT2D eigenvalue weighted by atomic mass is 16.5. The van der Waals surface area contributed by atoms with Gasteiger partial charge < -0.3 is 19.1 Å². The number of piperidine rings is 1. The molecule has 0 saturated carbocycles. The van der Waals surface area contributed by atoms with Crippen molar-refractivity contribution in [3.8, 4) is 17.2 Å². The van der Waals surface area contributed by atoms with E-state index in [0.717, 1.165) is 25.1 Å². The summed E-state index contributed by atoms with van der Waals surface area (Å²) in [6, 6.07) is 5.37. The van der Waals surface area contributed by atoms with Crippen molar-refractivity contribution >= 4 is 5.91 Å². The third-order valence-electron chi connectivity index (χ3n) is 4.58. The fourth-order valence-electron chi connectivity index (χ4n) is 3.30. The first-order valence-electron chi connectivity index (χ1n) is 8.26. The van der Waals surface area contributed by atoms with Crippen LogP contribution < -0.4 is 14.2 Å². The lowest BCUT2D eigenvalue weighted by Crippen LogP contribution is -2.39. The second kappa shape index (κ2) is 7.46. The van der Waals surface area contributed by atoms with Gasteiger partial charge >= 0.3 is 0 Å². The van der Waals surface area contributed by atoms with Gasteiger partial charge in [-0.25, -0.2) is 0 Å². The van der Waals surface area contributed by atoms with Crippen LogP contribution in [0.2, 0.25) is 0 Å². The average Bonchev–Trinajstić information content (AvgIpc) is 3.21. The van der Waals surface area contributed by atoms with Crippen LogP contribution in [0.3, 0.4) is 0 Å². The molecule has 3 rings (SSSR count). The molecule has 7 nitrogen and oxygen atoms in total. The second-order valence-corrected chi connectivity index (χ2v) is 6.02. The van der Waals surface area contributed by atoms with Crippen molar-refractivity contribution in [2.75, 3.05) is 34.4 Å². The molecule has 0 radical (unpaired) electrons. The lowest BCUT2D eigenvalue weighted by molar-refractivity contribution is 0.0705. The largest absolute Gasteiger partial charge is 0.493 e. The zero-order valence-electron chi connectivity index (χ0n) is 14.7. The lowest BCUT2D eigenvalue weighted by atomic mass is 9.94. The molecule has 1 aromatic carbocycles. The molecule has 7 heteroatoms. The maximum Gasteiger partial charge on any atom is 0.254 e. The van der Waals surface area contributed by atoms with Gasteiger partial charge in [-0.3, -0.25) is 9.89 Å². The smallest absolute Gasteiger partial charge is 0.254 e. The Balaban J connectivity index is 1.85. The van der Waals surface area contributed by atoms with Gasteiger partial charge in [-0.1, -0.05) is 0 Å². The minimum atomic E-state index is -0.0385. The first kappa shape index (κ1) is 17.1. The molecule has 0 unspecified atom stereocenters. The molecule has 0 bridgehead atoms. The Kier molecular flexibility index (Phi) is 5.11. The highest BCUT2D eigenvalue weighted by Crippen LogP contribution is 2.38. The fourth-order valence-corrected chi connectivity index (χ4v) is 3.30. The number of methoxy groups -OCH3 is 3. The van der Waals surface area contributed by atoms with E-state index in [9.17, 15) is 4.79 Å². The van der Waals surface area contributed by atoms with Gasteiger partial charge in [0.05, 0.1) is 21.3 Å². The summed E-state index contributed by atoms with van der Waals surface area (Å²) < 4.78 is 16.0. The van der Waals surface area contributed by atoms with Gasteiger partial charge in [-0.2, -0.15) is 5.10 Å². The number of ether oxygens (including phenoxy) is 3. The van der Waals surface area contributed by atoms with E-state index >= 15 is 0 Å². The summed E-state index contributed by atoms with van der Waals surface area (Å²) in [6.45, 7) is 1.40. The molecule has 1 amide bonds. The number of amides is 1. The molecule has 1 N–H and O–H groups in total. The van der Waals surface area contributed by atoms with Gasteiger partial charge in [-0.05, 0) is 31.0 Å². The predicted molar refractivity (Wildman–Crippen MR) is 92.6 cm³/mol. The first-order valence-corrected chi connectivity index (χ1v) is 8.26. The molecule has 0 spiro atoms. The van der Waals surface area contributed by atoms with Crippen LogP contribution in [0, 0.1) is 0 Å². The van der Waals surface area contributed by atoms with E-state index in [-0.39, 0.29) is 11.8 Å². The minimum absolute atomic E-state index is 0.0385. The number of carbonyl (C=O) groups is 1. The van der Waals surface area contributed by atoms with E-state index in [1.165, 1.54) is 0 Å². The molecule has 2 aromatic rings. The molecule has 1 aromatic heterocycles. The SMILES string of the molecule is COc1cc(C(=O)N2CCC[C@@H](c3ccn[nH]3)C2)cc(OC)c1OC.